The van der Waals surface area contributed by atoms with E-state index in [1.54, 1.807) is 43.3 Å². The Hall–Kier alpha value is -1.84. The van der Waals surface area contributed by atoms with Gasteiger partial charge in [0.05, 0.1) is 0 Å². The molecule has 0 radical (unpaired) electrons. The van der Waals surface area contributed by atoms with Crippen molar-refractivity contribution in [3.8, 4) is 0 Å². The molecule has 0 saturated carbocycles. The molecule has 1 aromatic carbocycles. The van der Waals surface area contributed by atoms with E-state index in [2.05, 4.69) is 0 Å². The van der Waals surface area contributed by atoms with Crippen molar-refractivity contribution in [3.63, 3.8) is 0 Å². The van der Waals surface area contributed by atoms with Crippen molar-refractivity contribution in [2.24, 2.45) is 11.3 Å². The molecule has 20 heavy (non-hydrogen) atoms. The third-order valence-corrected chi connectivity index (χ3v) is 4.12. The van der Waals surface area contributed by atoms with E-state index in [9.17, 15) is 18.0 Å². The molecule has 0 fully saturated rings. The molecule has 104 valence electrons. The molecular weight excluding hydrogens is 265 g/mol. The molecule has 2 bridgehead atoms. The molecule has 2 aliphatic carbocycles. The Kier molecular flexibility index (Phi) is 2.68. The maximum Gasteiger partial charge on any atom is 0.454 e. The average Bonchev–Trinajstić information content (AvgIpc) is 2.90. The Balaban J connectivity index is 2.19. The fourth-order valence-corrected chi connectivity index (χ4v) is 3.30. The molecule has 2 atom stereocenters. The molecule has 0 heterocycles. The van der Waals surface area contributed by atoms with Gasteiger partial charge in [0.2, 0.25) is 0 Å². The minimum atomic E-state index is -4.82. The third kappa shape index (κ3) is 1.82. The Morgan fingerprint density at radius 3 is 2.50 bits per heavy atom. The van der Waals surface area contributed by atoms with Crippen LogP contribution in [0.3, 0.4) is 0 Å². The summed E-state index contributed by atoms with van der Waals surface area (Å²) < 4.78 is 38.6. The van der Waals surface area contributed by atoms with Gasteiger partial charge in [-0.3, -0.25) is 4.79 Å². The van der Waals surface area contributed by atoms with Crippen LogP contribution in [0, 0.1) is 11.3 Å². The van der Waals surface area contributed by atoms with Crippen LogP contribution in [-0.4, -0.2) is 12.0 Å². The molecule has 0 aliphatic heterocycles. The van der Waals surface area contributed by atoms with Gasteiger partial charge in [-0.05, 0) is 17.6 Å². The van der Waals surface area contributed by atoms with Crippen LogP contribution in [0.2, 0.25) is 0 Å². The fraction of sp³-hybridized carbons (Fsp3) is 0.312. The van der Waals surface area contributed by atoms with E-state index < -0.39 is 17.4 Å². The first-order valence-electron chi connectivity index (χ1n) is 6.44. The van der Waals surface area contributed by atoms with Gasteiger partial charge in [0, 0.05) is 16.9 Å². The van der Waals surface area contributed by atoms with Crippen LogP contribution in [0.1, 0.15) is 18.9 Å². The van der Waals surface area contributed by atoms with Crippen molar-refractivity contribution in [2.75, 3.05) is 0 Å². The quantitative estimate of drug-likeness (QED) is 0.742. The minimum Gasteiger partial charge on any atom is -0.284 e. The number of hydrogen-bond donors (Lipinski definition) is 0. The number of carbonyl (C=O) groups excluding carboxylic acids is 1. The summed E-state index contributed by atoms with van der Waals surface area (Å²) in [4.78, 5) is 11.8. The van der Waals surface area contributed by atoms with E-state index in [-0.39, 0.29) is 11.5 Å². The van der Waals surface area contributed by atoms with Crippen molar-refractivity contribution >= 4 is 11.4 Å². The number of benzene rings is 1. The van der Waals surface area contributed by atoms with Crippen molar-refractivity contribution in [1.82, 2.24) is 0 Å². The molecule has 1 nitrogen and oxygen atoms in total. The highest BCUT2D eigenvalue weighted by molar-refractivity contribution is 6.09. The number of alkyl halides is 3. The van der Waals surface area contributed by atoms with Gasteiger partial charge >= 0.3 is 6.18 Å². The second-order valence-electron chi connectivity index (χ2n) is 5.57. The predicted molar refractivity (Wildman–Crippen MR) is 69.8 cm³/mol. The van der Waals surface area contributed by atoms with Crippen LogP contribution in [-0.2, 0) is 4.79 Å². The molecule has 0 spiro atoms. The number of carbonyl (C=O) groups is 1. The van der Waals surface area contributed by atoms with Crippen molar-refractivity contribution < 1.29 is 18.0 Å². The van der Waals surface area contributed by atoms with Crippen LogP contribution >= 0.6 is 0 Å². The lowest BCUT2D eigenvalue weighted by Crippen LogP contribution is -2.31. The molecule has 2 aliphatic rings. The zero-order valence-corrected chi connectivity index (χ0v) is 10.9. The highest BCUT2D eigenvalue weighted by Gasteiger charge is 2.53. The molecule has 1 aromatic rings. The first-order valence-corrected chi connectivity index (χ1v) is 6.44. The molecule has 0 saturated heterocycles. The fourth-order valence-electron chi connectivity index (χ4n) is 3.30. The van der Waals surface area contributed by atoms with Crippen LogP contribution < -0.4 is 0 Å². The summed E-state index contributed by atoms with van der Waals surface area (Å²) in [7, 11) is 0. The molecule has 3 rings (SSSR count). The number of Topliss-reactive ketones (excluding diaryl/α,β-unsaturated/α-hetero) is 1. The first kappa shape index (κ1) is 13.2. The summed E-state index contributed by atoms with van der Waals surface area (Å²) in [5.41, 5.74) is 0.377. The molecule has 2 unspecified atom stereocenters. The second-order valence-corrected chi connectivity index (χ2v) is 5.57. The van der Waals surface area contributed by atoms with Gasteiger partial charge in [0.15, 0.2) is 0 Å². The predicted octanol–water partition coefficient (Wildman–Crippen LogP) is 4.17. The van der Waals surface area contributed by atoms with Gasteiger partial charge in [-0.2, -0.15) is 13.2 Å². The number of ketones is 1. The monoisotopic (exact) mass is 278 g/mol. The zero-order valence-electron chi connectivity index (χ0n) is 10.9. The van der Waals surface area contributed by atoms with Gasteiger partial charge < -0.3 is 0 Å². The SMILES string of the molecule is CC12C=CC(C1)C(c1ccccc1)=C2C(=O)C(F)(F)F. The highest BCUT2D eigenvalue weighted by Crippen LogP contribution is 2.57. The van der Waals surface area contributed by atoms with E-state index in [1.165, 1.54) is 0 Å². The first-order chi connectivity index (χ1) is 9.33. The zero-order chi connectivity index (χ0) is 14.5. The van der Waals surface area contributed by atoms with Gasteiger partial charge in [0.25, 0.3) is 5.78 Å². The van der Waals surface area contributed by atoms with E-state index in [1.807, 2.05) is 6.08 Å². The third-order valence-electron chi connectivity index (χ3n) is 4.12. The number of halogens is 3. The maximum absolute atomic E-state index is 12.9. The Morgan fingerprint density at radius 1 is 1.25 bits per heavy atom. The van der Waals surface area contributed by atoms with Crippen LogP contribution in [0.5, 0.6) is 0 Å². The number of fused-ring (bicyclic) bond motifs is 2. The minimum absolute atomic E-state index is 0.0799. The van der Waals surface area contributed by atoms with E-state index in [0.717, 1.165) is 0 Å². The topological polar surface area (TPSA) is 17.1 Å². The van der Waals surface area contributed by atoms with Crippen molar-refractivity contribution in [2.45, 2.75) is 19.5 Å². The van der Waals surface area contributed by atoms with E-state index in [4.69, 9.17) is 0 Å². The van der Waals surface area contributed by atoms with Crippen molar-refractivity contribution in [1.29, 1.82) is 0 Å². The molecule has 0 amide bonds. The second kappa shape index (κ2) is 4.08. The lowest BCUT2D eigenvalue weighted by atomic mass is 9.80. The summed E-state index contributed by atoms with van der Waals surface area (Å²) >= 11 is 0. The molecule has 0 N–H and O–H groups in total. The standard InChI is InChI=1S/C16H13F3O/c1-15-8-7-11(9-15)12(10-5-3-2-4-6-10)13(15)14(20)16(17,18)19/h2-8,11H,9H2,1H3. The molecule has 0 aromatic heterocycles. The summed E-state index contributed by atoms with van der Waals surface area (Å²) in [6.45, 7) is 1.71. The summed E-state index contributed by atoms with van der Waals surface area (Å²) in [6, 6.07) is 8.87. The normalized spacial score (nSPS) is 28.3. The van der Waals surface area contributed by atoms with Gasteiger partial charge in [-0.1, -0.05) is 49.4 Å². The molecule has 4 heteroatoms. The lowest BCUT2D eigenvalue weighted by Gasteiger charge is -2.24. The van der Waals surface area contributed by atoms with Crippen molar-refractivity contribution in [3.05, 3.63) is 53.6 Å². The van der Waals surface area contributed by atoms with E-state index >= 15 is 0 Å². The summed E-state index contributed by atoms with van der Waals surface area (Å²) in [6.07, 6.45) is -0.621. The van der Waals surface area contributed by atoms with Gasteiger partial charge in [-0.25, -0.2) is 0 Å². The van der Waals surface area contributed by atoms with Crippen LogP contribution in [0.4, 0.5) is 13.2 Å². The average molecular weight is 278 g/mol. The van der Waals surface area contributed by atoms with Crippen LogP contribution in [0.25, 0.3) is 5.57 Å². The number of allylic oxidation sites excluding steroid dienone is 4. The number of rotatable bonds is 2. The number of hydrogen-bond acceptors (Lipinski definition) is 1. The maximum atomic E-state index is 12.9. The Bertz CT molecular complexity index is 625. The van der Waals surface area contributed by atoms with E-state index in [0.29, 0.717) is 17.6 Å². The summed E-state index contributed by atoms with van der Waals surface area (Å²) in [5.74, 6) is -1.80. The van der Waals surface area contributed by atoms with Gasteiger partial charge in [-0.15, -0.1) is 0 Å². The largest absolute Gasteiger partial charge is 0.454 e. The highest BCUT2D eigenvalue weighted by atomic mass is 19.4. The Morgan fingerprint density at radius 2 is 1.90 bits per heavy atom. The van der Waals surface area contributed by atoms with Crippen LogP contribution in [0.15, 0.2) is 48.1 Å². The lowest BCUT2D eigenvalue weighted by molar-refractivity contribution is -0.167. The van der Waals surface area contributed by atoms with Gasteiger partial charge in [0.1, 0.15) is 0 Å². The molecular formula is C16H13F3O. The Labute approximate surface area is 114 Å². The summed E-state index contributed by atoms with van der Waals surface area (Å²) in [5, 5.41) is 0. The smallest absolute Gasteiger partial charge is 0.284 e.